The molecule has 3 N–H and O–H groups in total. The highest BCUT2D eigenvalue weighted by molar-refractivity contribution is 5.89. The maximum Gasteiger partial charge on any atom is 0.319 e. The maximum absolute atomic E-state index is 11.8. The lowest BCUT2D eigenvalue weighted by Gasteiger charge is -2.07. The van der Waals surface area contributed by atoms with Crippen molar-refractivity contribution in [3.63, 3.8) is 0 Å². The van der Waals surface area contributed by atoms with Crippen LogP contribution in [0.3, 0.4) is 0 Å². The van der Waals surface area contributed by atoms with Crippen molar-refractivity contribution >= 4 is 11.7 Å². The molecule has 2 amide bonds. The SMILES string of the molecule is CCCCCNC(=O)Nc1ccc(-c2n[nH]c(C3CC3)n2)cc1. The first-order valence-electron chi connectivity index (χ1n) is 8.34. The van der Waals surface area contributed by atoms with Crippen molar-refractivity contribution in [1.82, 2.24) is 20.5 Å². The summed E-state index contributed by atoms with van der Waals surface area (Å²) in [7, 11) is 0. The highest BCUT2D eigenvalue weighted by atomic mass is 16.2. The number of carbonyl (C=O) groups excluding carboxylic acids is 1. The minimum atomic E-state index is -0.164. The third kappa shape index (κ3) is 4.31. The second kappa shape index (κ2) is 7.26. The van der Waals surface area contributed by atoms with Gasteiger partial charge in [0.15, 0.2) is 5.82 Å². The Morgan fingerprint density at radius 2 is 2.04 bits per heavy atom. The van der Waals surface area contributed by atoms with E-state index in [0.29, 0.717) is 18.3 Å². The molecular weight excluding hydrogens is 290 g/mol. The van der Waals surface area contributed by atoms with Gasteiger partial charge in [0.2, 0.25) is 0 Å². The van der Waals surface area contributed by atoms with Crippen molar-refractivity contribution in [2.24, 2.45) is 0 Å². The van der Waals surface area contributed by atoms with Gasteiger partial charge in [-0.2, -0.15) is 5.10 Å². The van der Waals surface area contributed by atoms with Crippen molar-refractivity contribution in [3.05, 3.63) is 30.1 Å². The number of hydrogen-bond acceptors (Lipinski definition) is 3. The van der Waals surface area contributed by atoms with Gasteiger partial charge in [0.1, 0.15) is 5.82 Å². The van der Waals surface area contributed by atoms with E-state index in [9.17, 15) is 4.79 Å². The van der Waals surface area contributed by atoms with Gasteiger partial charge in [0, 0.05) is 23.7 Å². The Morgan fingerprint density at radius 1 is 1.26 bits per heavy atom. The van der Waals surface area contributed by atoms with E-state index >= 15 is 0 Å². The van der Waals surface area contributed by atoms with Crippen LogP contribution in [0.15, 0.2) is 24.3 Å². The number of nitrogens with zero attached hydrogens (tertiary/aromatic N) is 2. The minimum absolute atomic E-state index is 0.164. The van der Waals surface area contributed by atoms with Crippen LogP contribution in [0.2, 0.25) is 0 Å². The molecule has 0 bridgehead atoms. The normalized spacial score (nSPS) is 13.8. The van der Waals surface area contributed by atoms with Crippen molar-refractivity contribution in [1.29, 1.82) is 0 Å². The predicted molar refractivity (Wildman–Crippen MR) is 90.3 cm³/mol. The summed E-state index contributed by atoms with van der Waals surface area (Å²) in [6.07, 6.45) is 5.69. The fraction of sp³-hybridized carbons (Fsp3) is 0.471. The van der Waals surface area contributed by atoms with Crippen LogP contribution in [0.4, 0.5) is 10.5 Å². The average molecular weight is 313 g/mol. The molecule has 0 saturated heterocycles. The third-order valence-corrected chi connectivity index (χ3v) is 3.93. The smallest absolute Gasteiger partial charge is 0.319 e. The fourth-order valence-corrected chi connectivity index (χ4v) is 2.40. The van der Waals surface area contributed by atoms with E-state index in [0.717, 1.165) is 36.3 Å². The Balaban J connectivity index is 1.52. The number of anilines is 1. The van der Waals surface area contributed by atoms with E-state index in [1.807, 2.05) is 24.3 Å². The van der Waals surface area contributed by atoms with Gasteiger partial charge in [-0.25, -0.2) is 9.78 Å². The van der Waals surface area contributed by atoms with Crippen LogP contribution in [-0.4, -0.2) is 27.8 Å². The van der Waals surface area contributed by atoms with Crippen LogP contribution in [0.5, 0.6) is 0 Å². The van der Waals surface area contributed by atoms with Gasteiger partial charge >= 0.3 is 6.03 Å². The lowest BCUT2D eigenvalue weighted by Crippen LogP contribution is -2.29. The number of hydrogen-bond donors (Lipinski definition) is 3. The van der Waals surface area contributed by atoms with Crippen LogP contribution in [-0.2, 0) is 0 Å². The zero-order valence-electron chi connectivity index (χ0n) is 13.4. The molecule has 1 fully saturated rings. The summed E-state index contributed by atoms with van der Waals surface area (Å²) < 4.78 is 0. The molecule has 1 aliphatic rings. The zero-order valence-corrected chi connectivity index (χ0v) is 13.4. The van der Waals surface area contributed by atoms with Crippen LogP contribution in [0.1, 0.15) is 50.8 Å². The Bertz CT molecular complexity index is 645. The Kier molecular flexibility index (Phi) is 4.90. The lowest BCUT2D eigenvalue weighted by molar-refractivity contribution is 0.252. The second-order valence-corrected chi connectivity index (χ2v) is 5.98. The number of urea groups is 1. The molecule has 0 atom stereocenters. The number of nitrogens with one attached hydrogen (secondary N) is 3. The standard InChI is InChI=1S/C17H23N5O/c1-2-3-4-11-18-17(23)19-14-9-7-13(8-10-14)16-20-15(21-22-16)12-5-6-12/h7-10,12H,2-6,11H2,1H3,(H2,18,19,23)(H,20,21,22). The average Bonchev–Trinajstić information content (AvgIpc) is 3.30. The third-order valence-electron chi connectivity index (χ3n) is 3.93. The predicted octanol–water partition coefficient (Wildman–Crippen LogP) is 3.66. The molecule has 6 nitrogen and oxygen atoms in total. The number of aromatic amines is 1. The number of amides is 2. The molecule has 0 aliphatic heterocycles. The Labute approximate surface area is 136 Å². The summed E-state index contributed by atoms with van der Waals surface area (Å²) in [6.45, 7) is 2.85. The van der Waals surface area contributed by atoms with E-state index < -0.39 is 0 Å². The van der Waals surface area contributed by atoms with E-state index in [1.165, 1.54) is 12.8 Å². The molecule has 1 aliphatic carbocycles. The topological polar surface area (TPSA) is 82.7 Å². The monoisotopic (exact) mass is 313 g/mol. The highest BCUT2D eigenvalue weighted by Crippen LogP contribution is 2.38. The van der Waals surface area contributed by atoms with E-state index in [-0.39, 0.29) is 6.03 Å². The van der Waals surface area contributed by atoms with E-state index in [2.05, 4.69) is 32.7 Å². The van der Waals surface area contributed by atoms with Gasteiger partial charge < -0.3 is 10.6 Å². The van der Waals surface area contributed by atoms with E-state index in [4.69, 9.17) is 0 Å². The maximum atomic E-state index is 11.8. The van der Waals surface area contributed by atoms with E-state index in [1.54, 1.807) is 0 Å². The number of unbranched alkanes of at least 4 members (excludes halogenated alkanes) is 2. The molecule has 0 unspecified atom stereocenters. The first-order chi connectivity index (χ1) is 11.3. The Hall–Kier alpha value is -2.37. The Morgan fingerprint density at radius 3 is 2.74 bits per heavy atom. The van der Waals surface area contributed by atoms with Gasteiger partial charge in [-0.3, -0.25) is 5.10 Å². The molecule has 2 aromatic rings. The summed E-state index contributed by atoms with van der Waals surface area (Å²) in [5.41, 5.74) is 1.71. The molecule has 1 saturated carbocycles. The van der Waals surface area contributed by atoms with Crippen molar-refractivity contribution in [2.45, 2.75) is 44.9 Å². The molecule has 6 heteroatoms. The summed E-state index contributed by atoms with van der Waals surface area (Å²) in [5, 5.41) is 13.0. The van der Waals surface area contributed by atoms with Gasteiger partial charge in [-0.1, -0.05) is 19.8 Å². The van der Waals surface area contributed by atoms with Crippen LogP contribution < -0.4 is 10.6 Å². The first kappa shape index (κ1) is 15.5. The number of H-pyrrole nitrogens is 1. The molecule has 1 heterocycles. The molecular formula is C17H23N5O. The number of carbonyl (C=O) groups is 1. The quantitative estimate of drug-likeness (QED) is 0.682. The first-order valence-corrected chi connectivity index (χ1v) is 8.34. The van der Waals surface area contributed by atoms with Gasteiger partial charge in [-0.15, -0.1) is 0 Å². The number of benzene rings is 1. The fourth-order valence-electron chi connectivity index (χ4n) is 2.40. The molecule has 122 valence electrons. The molecule has 1 aromatic carbocycles. The van der Waals surface area contributed by atoms with Crippen molar-refractivity contribution < 1.29 is 4.79 Å². The second-order valence-electron chi connectivity index (χ2n) is 5.98. The molecule has 3 rings (SSSR count). The number of aromatic nitrogens is 3. The molecule has 0 radical (unpaired) electrons. The summed E-state index contributed by atoms with van der Waals surface area (Å²) >= 11 is 0. The van der Waals surface area contributed by atoms with Crippen molar-refractivity contribution in [2.75, 3.05) is 11.9 Å². The van der Waals surface area contributed by atoms with Gasteiger partial charge in [-0.05, 0) is 43.5 Å². The zero-order chi connectivity index (χ0) is 16.1. The minimum Gasteiger partial charge on any atom is -0.338 e. The highest BCUT2D eigenvalue weighted by Gasteiger charge is 2.27. The largest absolute Gasteiger partial charge is 0.338 e. The summed E-state index contributed by atoms with van der Waals surface area (Å²) in [5.74, 6) is 2.25. The number of rotatable bonds is 7. The summed E-state index contributed by atoms with van der Waals surface area (Å²) in [4.78, 5) is 16.3. The molecule has 1 aromatic heterocycles. The van der Waals surface area contributed by atoms with Gasteiger partial charge in [0.05, 0.1) is 0 Å². The van der Waals surface area contributed by atoms with Crippen LogP contribution in [0.25, 0.3) is 11.4 Å². The van der Waals surface area contributed by atoms with Crippen LogP contribution in [0, 0.1) is 0 Å². The molecule has 0 spiro atoms. The van der Waals surface area contributed by atoms with Gasteiger partial charge in [0.25, 0.3) is 0 Å². The van der Waals surface area contributed by atoms with Crippen molar-refractivity contribution in [3.8, 4) is 11.4 Å². The van der Waals surface area contributed by atoms with Crippen LogP contribution >= 0.6 is 0 Å². The molecule has 23 heavy (non-hydrogen) atoms. The summed E-state index contributed by atoms with van der Waals surface area (Å²) in [6, 6.07) is 7.42. The lowest BCUT2D eigenvalue weighted by atomic mass is 10.2.